The lowest BCUT2D eigenvalue weighted by atomic mass is 9.87. The highest BCUT2D eigenvalue weighted by molar-refractivity contribution is 6.04. The first-order chi connectivity index (χ1) is 14.3. The number of carbonyl (C=O) groups is 1. The lowest BCUT2D eigenvalue weighted by Crippen LogP contribution is -2.15. The Hall–Kier alpha value is -3.47. The Balaban J connectivity index is 1.67. The largest absolute Gasteiger partial charge is 0.306 e. The van der Waals surface area contributed by atoms with Gasteiger partial charge in [0.05, 0.1) is 11.9 Å². The maximum Gasteiger partial charge on any atom is 0.256 e. The van der Waals surface area contributed by atoms with Crippen molar-refractivity contribution in [1.29, 1.82) is 0 Å². The van der Waals surface area contributed by atoms with Crippen molar-refractivity contribution in [3.63, 3.8) is 0 Å². The van der Waals surface area contributed by atoms with Gasteiger partial charge in [0.1, 0.15) is 5.82 Å². The molecule has 0 saturated carbocycles. The zero-order chi connectivity index (χ0) is 21.3. The number of carbonyl (C=O) groups excluding carboxylic acids is 1. The molecule has 0 aliphatic heterocycles. The predicted molar refractivity (Wildman–Crippen MR) is 121 cm³/mol. The van der Waals surface area contributed by atoms with E-state index in [4.69, 9.17) is 0 Å². The molecule has 4 aromatic rings. The van der Waals surface area contributed by atoms with E-state index in [1.54, 1.807) is 10.7 Å². The smallest absolute Gasteiger partial charge is 0.256 e. The van der Waals surface area contributed by atoms with Crippen LogP contribution in [0.2, 0.25) is 0 Å². The van der Waals surface area contributed by atoms with E-state index in [2.05, 4.69) is 55.2 Å². The van der Waals surface area contributed by atoms with E-state index in [9.17, 15) is 4.79 Å². The second-order valence-electron chi connectivity index (χ2n) is 8.46. The first-order valence-electron chi connectivity index (χ1n) is 10.2. The molecule has 0 spiro atoms. The summed E-state index contributed by atoms with van der Waals surface area (Å²) in [5.74, 6) is 0.324. The van der Waals surface area contributed by atoms with Crippen molar-refractivity contribution in [3.8, 4) is 11.3 Å². The molecule has 1 amide bonds. The Bertz CT molecular complexity index is 1200. The molecule has 1 N–H and O–H groups in total. The van der Waals surface area contributed by atoms with E-state index in [1.165, 1.54) is 11.1 Å². The maximum absolute atomic E-state index is 12.8. The maximum atomic E-state index is 12.8. The predicted octanol–water partition coefficient (Wildman–Crippen LogP) is 5.51. The Morgan fingerprint density at radius 2 is 1.80 bits per heavy atom. The molecule has 0 atom stereocenters. The van der Waals surface area contributed by atoms with E-state index < -0.39 is 0 Å². The number of amides is 1. The van der Waals surface area contributed by atoms with Gasteiger partial charge in [-0.2, -0.15) is 5.10 Å². The van der Waals surface area contributed by atoms with E-state index in [0.717, 1.165) is 17.7 Å². The molecule has 0 saturated heterocycles. The lowest BCUT2D eigenvalue weighted by Gasteiger charge is -2.19. The third-order valence-electron chi connectivity index (χ3n) is 5.25. The monoisotopic (exact) mass is 398 g/mol. The molecular formula is C25H26N4O. The van der Waals surface area contributed by atoms with Crippen LogP contribution in [0.3, 0.4) is 0 Å². The Labute approximate surface area is 176 Å². The van der Waals surface area contributed by atoms with Gasteiger partial charge in [-0.15, -0.1) is 0 Å². The summed E-state index contributed by atoms with van der Waals surface area (Å²) in [7, 11) is 0. The molecule has 0 fully saturated rings. The fraction of sp³-hybridized carbons (Fsp3) is 0.240. The Morgan fingerprint density at radius 3 is 2.50 bits per heavy atom. The van der Waals surface area contributed by atoms with Crippen LogP contribution in [-0.4, -0.2) is 20.5 Å². The number of fused-ring (bicyclic) bond motifs is 1. The van der Waals surface area contributed by atoms with Crippen LogP contribution in [0.1, 0.15) is 49.2 Å². The molecule has 5 nitrogen and oxygen atoms in total. The van der Waals surface area contributed by atoms with Gasteiger partial charge in [-0.25, -0.2) is 9.50 Å². The van der Waals surface area contributed by atoms with Crippen LogP contribution >= 0.6 is 0 Å². The number of nitrogens with one attached hydrogen (secondary N) is 1. The van der Waals surface area contributed by atoms with E-state index >= 15 is 0 Å². The number of aryl methyl sites for hydroxylation is 1. The average Bonchev–Trinajstić information content (AvgIpc) is 3.21. The van der Waals surface area contributed by atoms with Gasteiger partial charge >= 0.3 is 0 Å². The summed E-state index contributed by atoms with van der Waals surface area (Å²) in [6.07, 6.45) is 2.67. The SMILES string of the molecule is CCc1cccc(-c2cc(NC(=O)c3ccc(C(C)(C)C)cc3)nc3ccnn23)c1. The van der Waals surface area contributed by atoms with Crippen LogP contribution in [0.25, 0.3) is 16.9 Å². The summed E-state index contributed by atoms with van der Waals surface area (Å²) in [4.78, 5) is 17.4. The highest BCUT2D eigenvalue weighted by atomic mass is 16.1. The van der Waals surface area contributed by atoms with Gasteiger partial charge in [0.15, 0.2) is 5.65 Å². The third-order valence-corrected chi connectivity index (χ3v) is 5.25. The number of anilines is 1. The molecule has 2 aromatic heterocycles. The molecule has 5 heteroatoms. The molecule has 152 valence electrons. The second-order valence-corrected chi connectivity index (χ2v) is 8.46. The number of aromatic nitrogens is 3. The second kappa shape index (κ2) is 7.75. The average molecular weight is 399 g/mol. The van der Waals surface area contributed by atoms with Crippen LogP contribution in [0, 0.1) is 0 Å². The summed E-state index contributed by atoms with van der Waals surface area (Å²) >= 11 is 0. The molecule has 0 unspecified atom stereocenters. The lowest BCUT2D eigenvalue weighted by molar-refractivity contribution is 0.102. The Kier molecular flexibility index (Phi) is 5.12. The first-order valence-corrected chi connectivity index (χ1v) is 10.2. The van der Waals surface area contributed by atoms with Gasteiger partial charge in [-0.05, 0) is 41.2 Å². The van der Waals surface area contributed by atoms with Crippen molar-refractivity contribution in [2.45, 2.75) is 39.5 Å². The van der Waals surface area contributed by atoms with Gasteiger partial charge in [0, 0.05) is 23.3 Å². The van der Waals surface area contributed by atoms with Crippen LogP contribution in [-0.2, 0) is 11.8 Å². The summed E-state index contributed by atoms with van der Waals surface area (Å²) in [6.45, 7) is 8.59. The van der Waals surface area contributed by atoms with Crippen LogP contribution in [0.5, 0.6) is 0 Å². The zero-order valence-electron chi connectivity index (χ0n) is 17.8. The normalized spacial score (nSPS) is 11.6. The van der Waals surface area contributed by atoms with Crippen molar-refractivity contribution >= 4 is 17.4 Å². The minimum absolute atomic E-state index is 0.0472. The molecule has 2 aromatic carbocycles. The number of hydrogen-bond donors (Lipinski definition) is 1. The molecule has 0 aliphatic rings. The number of benzene rings is 2. The number of rotatable bonds is 4. The molecule has 0 aliphatic carbocycles. The molecule has 30 heavy (non-hydrogen) atoms. The van der Waals surface area contributed by atoms with Crippen LogP contribution < -0.4 is 5.32 Å². The van der Waals surface area contributed by atoms with Gasteiger partial charge in [0.25, 0.3) is 5.91 Å². The molecular weight excluding hydrogens is 372 g/mol. The molecule has 0 radical (unpaired) electrons. The van der Waals surface area contributed by atoms with Gasteiger partial charge in [-0.3, -0.25) is 4.79 Å². The standard InChI is InChI=1S/C25H26N4O/c1-5-17-7-6-8-19(15-17)21-16-22(27-23-13-14-26-29(21)23)28-24(30)18-9-11-20(12-10-18)25(2,3)4/h6-16H,5H2,1-4H3,(H,27,28,30). The fourth-order valence-corrected chi connectivity index (χ4v) is 3.44. The van der Waals surface area contributed by atoms with Crippen molar-refractivity contribution in [3.05, 3.63) is 83.6 Å². The van der Waals surface area contributed by atoms with E-state index in [-0.39, 0.29) is 11.3 Å². The van der Waals surface area contributed by atoms with Crippen molar-refractivity contribution < 1.29 is 4.79 Å². The van der Waals surface area contributed by atoms with Gasteiger partial charge in [0.2, 0.25) is 0 Å². The Morgan fingerprint density at radius 1 is 1.03 bits per heavy atom. The fourth-order valence-electron chi connectivity index (χ4n) is 3.44. The highest BCUT2D eigenvalue weighted by Gasteiger charge is 2.16. The number of hydrogen-bond acceptors (Lipinski definition) is 3. The quantitative estimate of drug-likeness (QED) is 0.493. The number of nitrogens with zero attached hydrogens (tertiary/aromatic N) is 3. The summed E-state index contributed by atoms with van der Waals surface area (Å²) in [5.41, 5.74) is 5.70. The zero-order valence-corrected chi connectivity index (χ0v) is 17.8. The minimum Gasteiger partial charge on any atom is -0.306 e. The highest BCUT2D eigenvalue weighted by Crippen LogP contribution is 2.25. The minimum atomic E-state index is -0.180. The summed E-state index contributed by atoms with van der Waals surface area (Å²) in [5, 5.41) is 7.35. The summed E-state index contributed by atoms with van der Waals surface area (Å²) < 4.78 is 1.79. The van der Waals surface area contributed by atoms with Crippen LogP contribution in [0.15, 0.2) is 66.9 Å². The molecule has 0 bridgehead atoms. The van der Waals surface area contributed by atoms with Crippen LogP contribution in [0.4, 0.5) is 5.82 Å². The van der Waals surface area contributed by atoms with Gasteiger partial charge < -0.3 is 5.32 Å². The topological polar surface area (TPSA) is 59.3 Å². The van der Waals surface area contributed by atoms with E-state index in [1.807, 2.05) is 48.5 Å². The molecule has 2 heterocycles. The summed E-state index contributed by atoms with van der Waals surface area (Å²) in [6, 6.07) is 19.8. The van der Waals surface area contributed by atoms with Gasteiger partial charge in [-0.1, -0.05) is 58.0 Å². The van der Waals surface area contributed by atoms with Crippen molar-refractivity contribution in [2.24, 2.45) is 0 Å². The molecule has 4 rings (SSSR count). The third kappa shape index (κ3) is 3.96. The van der Waals surface area contributed by atoms with E-state index in [0.29, 0.717) is 17.0 Å². The van der Waals surface area contributed by atoms with Crippen molar-refractivity contribution in [1.82, 2.24) is 14.6 Å². The van der Waals surface area contributed by atoms with Crippen molar-refractivity contribution in [2.75, 3.05) is 5.32 Å². The first kappa shape index (κ1) is 19.8.